The van der Waals surface area contributed by atoms with Crippen LogP contribution >= 0.6 is 11.6 Å². The molecule has 0 saturated carbocycles. The van der Waals surface area contributed by atoms with Gasteiger partial charge in [0.1, 0.15) is 11.3 Å². The molecule has 1 heterocycles. The second-order valence-corrected chi connectivity index (χ2v) is 3.56. The van der Waals surface area contributed by atoms with Gasteiger partial charge in [0.05, 0.1) is 5.02 Å². The molecule has 0 amide bonds. The fourth-order valence-corrected chi connectivity index (χ4v) is 1.65. The molecule has 2 aromatic rings. The minimum Gasteiger partial charge on any atom is -0.442 e. The number of halogens is 1. The Balaban J connectivity index is 2.53. The van der Waals surface area contributed by atoms with Crippen molar-refractivity contribution in [1.29, 1.82) is 0 Å². The van der Waals surface area contributed by atoms with Crippen molar-refractivity contribution in [3.8, 4) is 0 Å². The molecule has 0 unspecified atom stereocenters. The zero-order valence-electron chi connectivity index (χ0n) is 7.58. The number of fused-ring (bicyclic) bond motifs is 1. The van der Waals surface area contributed by atoms with E-state index in [1.165, 1.54) is 6.39 Å². The van der Waals surface area contributed by atoms with E-state index in [1.807, 2.05) is 6.07 Å². The van der Waals surface area contributed by atoms with Gasteiger partial charge >= 0.3 is 0 Å². The summed E-state index contributed by atoms with van der Waals surface area (Å²) >= 11 is 5.94. The predicted octanol–water partition coefficient (Wildman–Crippen LogP) is 2.61. The highest BCUT2D eigenvalue weighted by Crippen LogP contribution is 2.24. The molecule has 1 aromatic heterocycles. The summed E-state index contributed by atoms with van der Waals surface area (Å²) < 4.78 is 5.08. The number of oxazole rings is 1. The van der Waals surface area contributed by atoms with E-state index >= 15 is 0 Å². The molecule has 1 aromatic carbocycles. The van der Waals surface area contributed by atoms with Crippen LogP contribution in [0.5, 0.6) is 0 Å². The normalized spacial score (nSPS) is 10.7. The number of hydrogen-bond acceptors (Lipinski definition) is 3. The second-order valence-electron chi connectivity index (χ2n) is 3.16. The molecular formula is C10H8ClNO2. The number of ketones is 1. The first-order valence-electron chi connectivity index (χ1n) is 4.18. The second kappa shape index (κ2) is 3.42. The smallest absolute Gasteiger partial charge is 0.182 e. The van der Waals surface area contributed by atoms with Crippen LogP contribution in [0.2, 0.25) is 5.02 Å². The van der Waals surface area contributed by atoms with Crippen LogP contribution < -0.4 is 0 Å². The van der Waals surface area contributed by atoms with Crippen molar-refractivity contribution >= 4 is 28.5 Å². The summed E-state index contributed by atoms with van der Waals surface area (Å²) in [4.78, 5) is 14.9. The largest absolute Gasteiger partial charge is 0.442 e. The van der Waals surface area contributed by atoms with Crippen LogP contribution in [-0.4, -0.2) is 10.8 Å². The van der Waals surface area contributed by atoms with Gasteiger partial charge in [-0.05, 0) is 24.6 Å². The quantitative estimate of drug-likeness (QED) is 0.764. The first-order valence-corrected chi connectivity index (χ1v) is 4.55. The number of nitrogens with zero attached hydrogens (tertiary/aromatic N) is 1. The van der Waals surface area contributed by atoms with Crippen LogP contribution in [0.15, 0.2) is 22.9 Å². The van der Waals surface area contributed by atoms with Crippen LogP contribution in [0.3, 0.4) is 0 Å². The number of aromatic nitrogens is 1. The maximum absolute atomic E-state index is 10.9. The topological polar surface area (TPSA) is 43.1 Å². The van der Waals surface area contributed by atoms with Crippen LogP contribution in [0.1, 0.15) is 12.5 Å². The molecule has 0 N–H and O–H groups in total. The molecule has 0 atom stereocenters. The van der Waals surface area contributed by atoms with Crippen molar-refractivity contribution in [3.05, 3.63) is 29.1 Å². The van der Waals surface area contributed by atoms with Gasteiger partial charge in [0.25, 0.3) is 0 Å². The number of rotatable bonds is 2. The van der Waals surface area contributed by atoms with Crippen molar-refractivity contribution in [3.63, 3.8) is 0 Å². The van der Waals surface area contributed by atoms with Gasteiger partial charge in [-0.25, -0.2) is 4.98 Å². The van der Waals surface area contributed by atoms with Gasteiger partial charge < -0.3 is 4.42 Å². The molecule has 0 saturated heterocycles. The molecule has 4 heteroatoms. The highest BCUT2D eigenvalue weighted by molar-refractivity contribution is 6.34. The fraction of sp³-hybridized carbons (Fsp3) is 0.200. The summed E-state index contributed by atoms with van der Waals surface area (Å²) in [5.74, 6) is 0.101. The first kappa shape index (κ1) is 9.21. The molecule has 0 spiro atoms. The Morgan fingerprint density at radius 3 is 3.07 bits per heavy atom. The molecule has 0 aliphatic carbocycles. The van der Waals surface area contributed by atoms with E-state index in [1.54, 1.807) is 13.0 Å². The van der Waals surface area contributed by atoms with Gasteiger partial charge in [0, 0.05) is 6.42 Å². The van der Waals surface area contributed by atoms with Crippen molar-refractivity contribution in [2.75, 3.05) is 0 Å². The minimum absolute atomic E-state index is 0.101. The Hall–Kier alpha value is -1.35. The number of Topliss-reactive ketones (excluding diaryl/α,β-unsaturated/α-hetero) is 1. The number of hydrogen-bond donors (Lipinski definition) is 0. The highest BCUT2D eigenvalue weighted by Gasteiger charge is 2.07. The lowest BCUT2D eigenvalue weighted by Gasteiger charge is -1.98. The SMILES string of the molecule is CC(=O)Cc1cc(Cl)c2ocnc2c1. The van der Waals surface area contributed by atoms with Crippen molar-refractivity contribution in [2.24, 2.45) is 0 Å². The van der Waals surface area contributed by atoms with Crippen molar-refractivity contribution in [1.82, 2.24) is 4.98 Å². The molecule has 0 bridgehead atoms. The summed E-state index contributed by atoms with van der Waals surface area (Å²) in [6.07, 6.45) is 1.72. The predicted molar refractivity (Wildman–Crippen MR) is 53.4 cm³/mol. The van der Waals surface area contributed by atoms with E-state index in [9.17, 15) is 4.79 Å². The van der Waals surface area contributed by atoms with Gasteiger partial charge in [-0.3, -0.25) is 4.79 Å². The van der Waals surface area contributed by atoms with Crippen LogP contribution in [0, 0.1) is 0 Å². The average molecular weight is 210 g/mol. The molecule has 14 heavy (non-hydrogen) atoms. The summed E-state index contributed by atoms with van der Waals surface area (Å²) in [5, 5.41) is 0.497. The molecule has 0 fully saturated rings. The Labute approximate surface area is 85.7 Å². The van der Waals surface area contributed by atoms with E-state index in [4.69, 9.17) is 16.0 Å². The molecule has 0 radical (unpaired) electrons. The monoisotopic (exact) mass is 209 g/mol. The van der Waals surface area contributed by atoms with Gasteiger partial charge in [0.2, 0.25) is 0 Å². The van der Waals surface area contributed by atoms with Gasteiger partial charge in [-0.15, -0.1) is 0 Å². The van der Waals surface area contributed by atoms with Gasteiger partial charge in [0.15, 0.2) is 12.0 Å². The van der Waals surface area contributed by atoms with E-state index in [-0.39, 0.29) is 5.78 Å². The van der Waals surface area contributed by atoms with Crippen LogP contribution in [0.25, 0.3) is 11.1 Å². The highest BCUT2D eigenvalue weighted by atomic mass is 35.5. The van der Waals surface area contributed by atoms with E-state index < -0.39 is 0 Å². The Kier molecular flexibility index (Phi) is 2.25. The van der Waals surface area contributed by atoms with E-state index in [2.05, 4.69) is 4.98 Å². The molecule has 2 rings (SSSR count). The summed E-state index contributed by atoms with van der Waals surface area (Å²) in [6, 6.07) is 3.54. The van der Waals surface area contributed by atoms with Gasteiger partial charge in [-0.2, -0.15) is 0 Å². The molecule has 72 valence electrons. The molecule has 0 aliphatic heterocycles. The third kappa shape index (κ3) is 1.63. The summed E-state index contributed by atoms with van der Waals surface area (Å²) in [5.41, 5.74) is 2.12. The van der Waals surface area contributed by atoms with E-state index in [0.717, 1.165) is 5.56 Å². The molecule has 0 aliphatic rings. The fourth-order valence-electron chi connectivity index (χ4n) is 1.37. The van der Waals surface area contributed by atoms with Crippen LogP contribution in [0.4, 0.5) is 0 Å². The zero-order chi connectivity index (χ0) is 10.1. The number of carbonyl (C=O) groups is 1. The Morgan fingerprint density at radius 2 is 2.36 bits per heavy atom. The number of benzene rings is 1. The maximum Gasteiger partial charge on any atom is 0.182 e. The minimum atomic E-state index is 0.101. The van der Waals surface area contributed by atoms with Crippen molar-refractivity contribution < 1.29 is 9.21 Å². The summed E-state index contributed by atoms with van der Waals surface area (Å²) in [6.45, 7) is 1.54. The Bertz CT molecular complexity index is 490. The van der Waals surface area contributed by atoms with E-state index in [0.29, 0.717) is 22.5 Å². The maximum atomic E-state index is 10.9. The summed E-state index contributed by atoms with van der Waals surface area (Å²) in [7, 11) is 0. The lowest BCUT2D eigenvalue weighted by molar-refractivity contribution is -0.116. The molecule has 3 nitrogen and oxygen atoms in total. The third-order valence-corrected chi connectivity index (χ3v) is 2.18. The lowest BCUT2D eigenvalue weighted by Crippen LogP contribution is -1.95. The third-order valence-electron chi connectivity index (χ3n) is 1.90. The van der Waals surface area contributed by atoms with Crippen LogP contribution in [-0.2, 0) is 11.2 Å². The van der Waals surface area contributed by atoms with Gasteiger partial charge in [-0.1, -0.05) is 11.6 Å². The van der Waals surface area contributed by atoms with Crippen molar-refractivity contribution in [2.45, 2.75) is 13.3 Å². The number of carbonyl (C=O) groups excluding carboxylic acids is 1. The standard InChI is InChI=1S/C10H8ClNO2/c1-6(13)2-7-3-8(11)10-9(4-7)12-5-14-10/h3-5H,2H2,1H3. The lowest BCUT2D eigenvalue weighted by atomic mass is 10.1. The average Bonchev–Trinajstić information content (AvgIpc) is 2.50. The first-order chi connectivity index (χ1) is 6.66. The Morgan fingerprint density at radius 1 is 1.57 bits per heavy atom. The molecular weight excluding hydrogens is 202 g/mol. The zero-order valence-corrected chi connectivity index (χ0v) is 8.34.